The molecule has 0 spiro atoms. The van der Waals surface area contributed by atoms with Gasteiger partial charge in [0.1, 0.15) is 11.6 Å². The smallest absolute Gasteiger partial charge is 0.131 e. The van der Waals surface area contributed by atoms with E-state index in [9.17, 15) is 9.50 Å². The molecule has 0 heterocycles. The topological polar surface area (TPSA) is 66.5 Å². The Morgan fingerprint density at radius 2 is 2.12 bits per heavy atom. The van der Waals surface area contributed by atoms with Gasteiger partial charge in [-0.3, -0.25) is 0 Å². The highest BCUT2D eigenvalue weighted by Gasteiger charge is 2.19. The monoisotopic (exact) mass is 227 g/mol. The summed E-state index contributed by atoms with van der Waals surface area (Å²) in [6, 6.07) is 3.03. The van der Waals surface area contributed by atoms with Crippen molar-refractivity contribution in [1.29, 1.82) is 0 Å². The van der Waals surface area contributed by atoms with Gasteiger partial charge < -0.3 is 15.9 Å². The third-order valence-electron chi connectivity index (χ3n) is 2.61. The van der Waals surface area contributed by atoms with E-state index in [1.54, 1.807) is 0 Å². The Bertz CT molecular complexity index is 344. The van der Waals surface area contributed by atoms with Crippen LogP contribution in [0.4, 0.5) is 4.39 Å². The molecule has 90 valence electrons. The first-order valence-electron chi connectivity index (χ1n) is 5.48. The van der Waals surface area contributed by atoms with Gasteiger partial charge in [-0.05, 0) is 12.5 Å². The summed E-state index contributed by atoms with van der Waals surface area (Å²) < 4.78 is 13.4. The third-order valence-corrected chi connectivity index (χ3v) is 2.61. The fraction of sp³-hybridized carbons (Fsp3) is 0.500. The lowest BCUT2D eigenvalue weighted by Gasteiger charge is -2.19. The van der Waals surface area contributed by atoms with Crippen LogP contribution in [0, 0.1) is 5.82 Å². The Balaban J connectivity index is 2.75. The maximum absolute atomic E-state index is 13.4. The van der Waals surface area contributed by atoms with Gasteiger partial charge in [-0.2, -0.15) is 0 Å². The zero-order chi connectivity index (χ0) is 12.1. The number of aliphatic hydroxyl groups excluding tert-OH is 1. The summed E-state index contributed by atoms with van der Waals surface area (Å²) in [6.45, 7) is 2.01. The van der Waals surface area contributed by atoms with Crippen LogP contribution < -0.4 is 5.73 Å². The van der Waals surface area contributed by atoms with Crippen LogP contribution in [0.5, 0.6) is 5.75 Å². The molecule has 4 heteroatoms. The van der Waals surface area contributed by atoms with E-state index in [-0.39, 0.29) is 11.3 Å². The van der Waals surface area contributed by atoms with Crippen LogP contribution in [0.1, 0.15) is 37.8 Å². The number of halogens is 1. The number of phenols is 1. The van der Waals surface area contributed by atoms with Crippen molar-refractivity contribution in [2.45, 2.75) is 38.3 Å². The number of aliphatic hydroxyl groups is 1. The molecule has 0 bridgehead atoms. The van der Waals surface area contributed by atoms with Crippen LogP contribution in [0.25, 0.3) is 0 Å². The third kappa shape index (κ3) is 3.18. The molecule has 0 saturated heterocycles. The van der Waals surface area contributed by atoms with Gasteiger partial charge in [-0.25, -0.2) is 4.39 Å². The molecule has 0 fully saturated rings. The molecule has 1 aromatic rings. The van der Waals surface area contributed by atoms with Crippen molar-refractivity contribution in [3.05, 3.63) is 29.6 Å². The molecule has 16 heavy (non-hydrogen) atoms. The second-order valence-corrected chi connectivity index (χ2v) is 3.94. The molecule has 0 aliphatic heterocycles. The SMILES string of the molecule is CCCC[C@H](O)[C@H](N)c1ccc(O)cc1F. The van der Waals surface area contributed by atoms with Gasteiger partial charge in [0.2, 0.25) is 0 Å². The molecule has 0 unspecified atom stereocenters. The summed E-state index contributed by atoms with van der Waals surface area (Å²) in [5.74, 6) is -0.723. The van der Waals surface area contributed by atoms with Crippen LogP contribution in [-0.2, 0) is 0 Å². The number of phenolic OH excluding ortho intramolecular Hbond substituents is 1. The summed E-state index contributed by atoms with van der Waals surface area (Å²) in [7, 11) is 0. The summed E-state index contributed by atoms with van der Waals surface area (Å²) >= 11 is 0. The van der Waals surface area contributed by atoms with Gasteiger partial charge in [0.25, 0.3) is 0 Å². The number of nitrogens with two attached hydrogens (primary N) is 1. The molecular weight excluding hydrogens is 209 g/mol. The Kier molecular flexibility index (Phi) is 4.71. The maximum atomic E-state index is 13.4. The first kappa shape index (κ1) is 12.9. The van der Waals surface area contributed by atoms with Crippen LogP contribution in [0.15, 0.2) is 18.2 Å². The zero-order valence-corrected chi connectivity index (χ0v) is 9.36. The summed E-state index contributed by atoms with van der Waals surface area (Å²) in [6.07, 6.45) is 1.62. The molecule has 4 N–H and O–H groups in total. The Morgan fingerprint density at radius 1 is 1.44 bits per heavy atom. The average Bonchev–Trinajstić information content (AvgIpc) is 2.25. The maximum Gasteiger partial charge on any atom is 0.131 e. The molecule has 0 aliphatic rings. The van der Waals surface area contributed by atoms with E-state index in [0.717, 1.165) is 18.9 Å². The number of rotatable bonds is 5. The van der Waals surface area contributed by atoms with Crippen LogP contribution in [-0.4, -0.2) is 16.3 Å². The number of hydrogen-bond acceptors (Lipinski definition) is 3. The number of aromatic hydroxyl groups is 1. The fourth-order valence-electron chi connectivity index (χ4n) is 1.59. The van der Waals surface area contributed by atoms with E-state index in [4.69, 9.17) is 10.8 Å². The number of hydrogen-bond donors (Lipinski definition) is 3. The summed E-state index contributed by atoms with van der Waals surface area (Å²) in [4.78, 5) is 0. The van der Waals surface area contributed by atoms with Crippen molar-refractivity contribution in [2.24, 2.45) is 5.73 Å². The van der Waals surface area contributed by atoms with Gasteiger partial charge >= 0.3 is 0 Å². The van der Waals surface area contributed by atoms with Crippen molar-refractivity contribution in [3.8, 4) is 5.75 Å². The van der Waals surface area contributed by atoms with E-state index in [1.165, 1.54) is 12.1 Å². The lowest BCUT2D eigenvalue weighted by molar-refractivity contribution is 0.131. The van der Waals surface area contributed by atoms with Crippen molar-refractivity contribution >= 4 is 0 Å². The normalized spacial score (nSPS) is 14.8. The van der Waals surface area contributed by atoms with Crippen LogP contribution >= 0.6 is 0 Å². The molecule has 1 rings (SSSR count). The molecule has 0 amide bonds. The molecule has 0 aromatic heterocycles. The summed E-state index contributed by atoms with van der Waals surface area (Å²) in [5.41, 5.74) is 6.00. The largest absolute Gasteiger partial charge is 0.508 e. The first-order chi connectivity index (χ1) is 7.56. The second kappa shape index (κ2) is 5.82. The molecule has 3 nitrogen and oxygen atoms in total. The lowest BCUT2D eigenvalue weighted by atomic mass is 9.98. The Labute approximate surface area is 94.7 Å². The predicted molar refractivity (Wildman–Crippen MR) is 60.5 cm³/mol. The zero-order valence-electron chi connectivity index (χ0n) is 9.36. The highest BCUT2D eigenvalue weighted by molar-refractivity contribution is 5.30. The van der Waals surface area contributed by atoms with Gasteiger partial charge in [0.15, 0.2) is 0 Å². The standard InChI is InChI=1S/C12H18FNO2/c1-2-3-4-11(16)12(14)9-6-5-8(15)7-10(9)13/h5-7,11-12,15-16H,2-4,14H2,1H3/t11-,12+/m0/s1. The fourth-order valence-corrected chi connectivity index (χ4v) is 1.59. The molecule has 0 saturated carbocycles. The van der Waals surface area contributed by atoms with E-state index >= 15 is 0 Å². The minimum Gasteiger partial charge on any atom is -0.508 e. The predicted octanol–water partition coefficient (Wildman–Crippen LogP) is 2.08. The Hall–Kier alpha value is -1.13. The van der Waals surface area contributed by atoms with Gasteiger partial charge in [-0.15, -0.1) is 0 Å². The van der Waals surface area contributed by atoms with Gasteiger partial charge in [-0.1, -0.05) is 25.8 Å². The van der Waals surface area contributed by atoms with Gasteiger partial charge in [0.05, 0.1) is 12.1 Å². The molecule has 0 aliphatic carbocycles. The number of benzene rings is 1. The highest BCUT2D eigenvalue weighted by atomic mass is 19.1. The van der Waals surface area contributed by atoms with Crippen LogP contribution in [0.3, 0.4) is 0 Å². The minimum atomic E-state index is -0.751. The van der Waals surface area contributed by atoms with E-state index in [1.807, 2.05) is 6.92 Å². The van der Waals surface area contributed by atoms with Crippen LogP contribution in [0.2, 0.25) is 0 Å². The van der Waals surface area contributed by atoms with Gasteiger partial charge in [0, 0.05) is 11.6 Å². The lowest BCUT2D eigenvalue weighted by Crippen LogP contribution is -2.26. The van der Waals surface area contributed by atoms with Crippen molar-refractivity contribution in [1.82, 2.24) is 0 Å². The molecule has 0 radical (unpaired) electrons. The van der Waals surface area contributed by atoms with Crippen molar-refractivity contribution in [3.63, 3.8) is 0 Å². The molecular formula is C12H18FNO2. The minimum absolute atomic E-state index is 0.142. The van der Waals surface area contributed by atoms with Crippen molar-refractivity contribution in [2.75, 3.05) is 0 Å². The van der Waals surface area contributed by atoms with E-state index in [2.05, 4.69) is 0 Å². The Morgan fingerprint density at radius 3 is 2.69 bits per heavy atom. The first-order valence-corrected chi connectivity index (χ1v) is 5.48. The van der Waals surface area contributed by atoms with Crippen molar-refractivity contribution < 1.29 is 14.6 Å². The second-order valence-electron chi connectivity index (χ2n) is 3.94. The molecule has 1 aromatic carbocycles. The van der Waals surface area contributed by atoms with E-state index in [0.29, 0.717) is 6.42 Å². The summed E-state index contributed by atoms with van der Waals surface area (Å²) in [5, 5.41) is 18.8. The van der Waals surface area contributed by atoms with E-state index < -0.39 is 18.0 Å². The average molecular weight is 227 g/mol. The number of unbranched alkanes of at least 4 members (excludes halogenated alkanes) is 1. The quantitative estimate of drug-likeness (QED) is 0.721. The molecule has 2 atom stereocenters. The highest BCUT2D eigenvalue weighted by Crippen LogP contribution is 2.23.